The Morgan fingerprint density at radius 2 is 2.00 bits per heavy atom. The zero-order valence-electron chi connectivity index (χ0n) is 11.2. The van der Waals surface area contributed by atoms with Gasteiger partial charge in [0.1, 0.15) is 5.82 Å². The first kappa shape index (κ1) is 12.9. The van der Waals surface area contributed by atoms with Crippen LogP contribution in [-0.4, -0.2) is 22.1 Å². The van der Waals surface area contributed by atoms with Crippen molar-refractivity contribution < 1.29 is 9.90 Å². The second-order valence-electron chi connectivity index (χ2n) is 5.36. The Balaban J connectivity index is 1.90. The molecule has 0 radical (unpaired) electrons. The van der Waals surface area contributed by atoms with Crippen molar-refractivity contribution in [3.05, 3.63) is 36.5 Å². The van der Waals surface area contributed by atoms with E-state index in [1.54, 1.807) is 6.20 Å². The number of carboxylic acid groups (broad SMARTS) is 1. The van der Waals surface area contributed by atoms with Gasteiger partial charge < -0.3 is 10.4 Å². The van der Waals surface area contributed by atoms with E-state index >= 15 is 0 Å². The monoisotopic (exact) mass is 270 g/mol. The lowest BCUT2D eigenvalue weighted by Gasteiger charge is -2.30. The van der Waals surface area contributed by atoms with Gasteiger partial charge in [0.25, 0.3) is 0 Å². The third-order valence-electron chi connectivity index (χ3n) is 4.08. The van der Waals surface area contributed by atoms with Crippen LogP contribution >= 0.6 is 0 Å². The Labute approximate surface area is 117 Å². The predicted octanol–water partition coefficient (Wildman–Crippen LogP) is 3.29. The fraction of sp³-hybridized carbons (Fsp3) is 0.375. The highest BCUT2D eigenvalue weighted by Gasteiger charge is 2.31. The maximum absolute atomic E-state index is 11.4. The van der Waals surface area contributed by atoms with Crippen molar-refractivity contribution in [3.8, 4) is 0 Å². The summed E-state index contributed by atoms with van der Waals surface area (Å²) in [4.78, 5) is 15.7. The maximum atomic E-state index is 11.4. The normalized spacial score (nSPS) is 22.6. The molecule has 2 aromatic rings. The standard InChI is InChI=1S/C16H18N2O2/c19-16(20)13-7-3-4-8-14(13)18-15-12-6-2-1-5-11(12)9-10-17-15/h1-2,5-6,9-10,13-14H,3-4,7-8H2,(H,17,18)(H,19,20). The molecule has 1 aromatic heterocycles. The fourth-order valence-corrected chi connectivity index (χ4v) is 3.01. The van der Waals surface area contributed by atoms with Crippen molar-refractivity contribution in [2.45, 2.75) is 31.7 Å². The molecule has 4 heteroatoms. The van der Waals surface area contributed by atoms with Gasteiger partial charge in [0, 0.05) is 17.6 Å². The second kappa shape index (κ2) is 5.49. The summed E-state index contributed by atoms with van der Waals surface area (Å²) in [6.45, 7) is 0. The molecule has 1 aromatic carbocycles. The summed E-state index contributed by atoms with van der Waals surface area (Å²) in [7, 11) is 0. The van der Waals surface area contributed by atoms with Crippen LogP contribution in [0.5, 0.6) is 0 Å². The number of nitrogens with one attached hydrogen (secondary N) is 1. The number of fused-ring (bicyclic) bond motifs is 1. The maximum Gasteiger partial charge on any atom is 0.308 e. The Kier molecular flexibility index (Phi) is 3.54. The van der Waals surface area contributed by atoms with Crippen LogP contribution in [0, 0.1) is 5.92 Å². The third-order valence-corrected chi connectivity index (χ3v) is 4.08. The number of hydrogen-bond acceptors (Lipinski definition) is 3. The summed E-state index contributed by atoms with van der Waals surface area (Å²) in [6, 6.07) is 9.97. The summed E-state index contributed by atoms with van der Waals surface area (Å²) in [5, 5.41) is 14.9. The first-order valence-corrected chi connectivity index (χ1v) is 7.09. The minimum atomic E-state index is -0.706. The van der Waals surface area contributed by atoms with Gasteiger partial charge in [-0.3, -0.25) is 4.79 Å². The van der Waals surface area contributed by atoms with E-state index in [9.17, 15) is 9.90 Å². The average Bonchev–Trinajstić information content (AvgIpc) is 2.48. The van der Waals surface area contributed by atoms with E-state index in [4.69, 9.17) is 0 Å². The lowest BCUT2D eigenvalue weighted by atomic mass is 9.84. The molecule has 1 aliphatic carbocycles. The molecule has 4 nitrogen and oxygen atoms in total. The Hall–Kier alpha value is -2.10. The van der Waals surface area contributed by atoms with Crippen LogP contribution in [0.25, 0.3) is 10.8 Å². The number of pyridine rings is 1. The molecule has 0 bridgehead atoms. The quantitative estimate of drug-likeness (QED) is 0.898. The topological polar surface area (TPSA) is 62.2 Å². The lowest BCUT2D eigenvalue weighted by Crippen LogP contribution is -2.37. The second-order valence-corrected chi connectivity index (χ2v) is 5.36. The highest BCUT2D eigenvalue weighted by Crippen LogP contribution is 2.29. The van der Waals surface area contributed by atoms with Crippen molar-refractivity contribution in [2.75, 3.05) is 5.32 Å². The molecule has 3 rings (SSSR count). The Morgan fingerprint density at radius 1 is 1.20 bits per heavy atom. The number of rotatable bonds is 3. The summed E-state index contributed by atoms with van der Waals surface area (Å²) in [5.41, 5.74) is 0. The molecule has 1 aliphatic rings. The van der Waals surface area contributed by atoms with E-state index in [1.807, 2.05) is 30.3 Å². The number of aromatic nitrogens is 1. The van der Waals surface area contributed by atoms with E-state index in [1.165, 1.54) is 0 Å². The zero-order valence-corrected chi connectivity index (χ0v) is 11.2. The van der Waals surface area contributed by atoms with Crippen LogP contribution in [0.1, 0.15) is 25.7 Å². The van der Waals surface area contributed by atoms with Crippen LogP contribution in [-0.2, 0) is 4.79 Å². The van der Waals surface area contributed by atoms with Gasteiger partial charge in [0.15, 0.2) is 0 Å². The molecule has 0 amide bonds. The molecule has 1 fully saturated rings. The van der Waals surface area contributed by atoms with Gasteiger partial charge in [-0.25, -0.2) is 4.98 Å². The number of aliphatic carboxylic acids is 1. The zero-order chi connectivity index (χ0) is 13.9. The Morgan fingerprint density at radius 3 is 2.85 bits per heavy atom. The molecule has 1 heterocycles. The van der Waals surface area contributed by atoms with Gasteiger partial charge in [-0.1, -0.05) is 37.1 Å². The summed E-state index contributed by atoms with van der Waals surface area (Å²) < 4.78 is 0. The largest absolute Gasteiger partial charge is 0.481 e. The lowest BCUT2D eigenvalue weighted by molar-refractivity contribution is -0.143. The van der Waals surface area contributed by atoms with Crippen LogP contribution in [0.4, 0.5) is 5.82 Å². The molecule has 0 saturated heterocycles. The van der Waals surface area contributed by atoms with E-state index < -0.39 is 5.97 Å². The minimum absolute atomic E-state index is 0.0282. The number of carboxylic acids is 1. The molecular formula is C16H18N2O2. The predicted molar refractivity (Wildman–Crippen MR) is 78.7 cm³/mol. The molecule has 20 heavy (non-hydrogen) atoms. The van der Waals surface area contributed by atoms with Crippen molar-refractivity contribution in [3.63, 3.8) is 0 Å². The molecule has 104 valence electrons. The van der Waals surface area contributed by atoms with Gasteiger partial charge in [0.2, 0.25) is 0 Å². The first-order valence-electron chi connectivity index (χ1n) is 7.09. The summed E-state index contributed by atoms with van der Waals surface area (Å²) in [5.74, 6) is -0.229. The van der Waals surface area contributed by atoms with Gasteiger partial charge >= 0.3 is 5.97 Å². The van der Waals surface area contributed by atoms with Crippen molar-refractivity contribution in [2.24, 2.45) is 5.92 Å². The van der Waals surface area contributed by atoms with Crippen LogP contribution in [0.15, 0.2) is 36.5 Å². The molecule has 0 spiro atoms. The number of nitrogens with zero attached hydrogens (tertiary/aromatic N) is 1. The first-order chi connectivity index (χ1) is 9.75. The molecule has 2 N–H and O–H groups in total. The highest BCUT2D eigenvalue weighted by atomic mass is 16.4. The molecule has 2 unspecified atom stereocenters. The molecule has 0 aliphatic heterocycles. The smallest absolute Gasteiger partial charge is 0.308 e. The average molecular weight is 270 g/mol. The minimum Gasteiger partial charge on any atom is -0.481 e. The van der Waals surface area contributed by atoms with Gasteiger partial charge in [0.05, 0.1) is 5.92 Å². The SMILES string of the molecule is O=C(O)C1CCCCC1Nc1nccc2ccccc12. The van der Waals surface area contributed by atoms with Crippen LogP contribution in [0.2, 0.25) is 0 Å². The van der Waals surface area contributed by atoms with Crippen molar-refractivity contribution in [1.82, 2.24) is 4.98 Å². The van der Waals surface area contributed by atoms with Crippen molar-refractivity contribution in [1.29, 1.82) is 0 Å². The van der Waals surface area contributed by atoms with E-state index in [-0.39, 0.29) is 12.0 Å². The fourth-order valence-electron chi connectivity index (χ4n) is 3.01. The molecule has 1 saturated carbocycles. The number of benzene rings is 1. The third kappa shape index (κ3) is 2.46. The van der Waals surface area contributed by atoms with Gasteiger partial charge in [-0.05, 0) is 24.3 Å². The van der Waals surface area contributed by atoms with E-state index in [2.05, 4.69) is 10.3 Å². The highest BCUT2D eigenvalue weighted by molar-refractivity contribution is 5.91. The van der Waals surface area contributed by atoms with Crippen LogP contribution in [0.3, 0.4) is 0 Å². The van der Waals surface area contributed by atoms with E-state index in [0.29, 0.717) is 0 Å². The molecular weight excluding hydrogens is 252 g/mol. The summed E-state index contributed by atoms with van der Waals surface area (Å²) in [6.07, 6.45) is 5.48. The van der Waals surface area contributed by atoms with Gasteiger partial charge in [-0.2, -0.15) is 0 Å². The van der Waals surface area contributed by atoms with Gasteiger partial charge in [-0.15, -0.1) is 0 Å². The number of carbonyl (C=O) groups is 1. The number of hydrogen-bond donors (Lipinski definition) is 2. The van der Waals surface area contributed by atoms with Crippen molar-refractivity contribution >= 4 is 22.6 Å². The number of anilines is 1. The summed E-state index contributed by atoms with van der Waals surface area (Å²) >= 11 is 0. The van der Waals surface area contributed by atoms with E-state index in [0.717, 1.165) is 42.3 Å². The molecule has 2 atom stereocenters. The Bertz CT molecular complexity index is 621. The van der Waals surface area contributed by atoms with Crippen LogP contribution < -0.4 is 5.32 Å².